The molecule has 0 bridgehead atoms. The van der Waals surface area contributed by atoms with Crippen LogP contribution < -0.4 is 10.6 Å². The van der Waals surface area contributed by atoms with Crippen molar-refractivity contribution in [3.05, 3.63) is 47.2 Å². The first kappa shape index (κ1) is 20.0. The molecule has 8 nitrogen and oxygen atoms in total. The summed E-state index contributed by atoms with van der Waals surface area (Å²) in [6, 6.07) is 8.16. The fourth-order valence-corrected chi connectivity index (χ4v) is 2.69. The van der Waals surface area contributed by atoms with E-state index in [1.54, 1.807) is 17.0 Å². The second-order valence-electron chi connectivity index (χ2n) is 6.15. The van der Waals surface area contributed by atoms with Gasteiger partial charge in [0, 0.05) is 38.8 Å². The zero-order valence-corrected chi connectivity index (χ0v) is 14.9. The molecule has 142 valence electrons. The van der Waals surface area contributed by atoms with E-state index in [1.165, 1.54) is 18.3 Å². The lowest BCUT2D eigenvalue weighted by Crippen LogP contribution is -2.31. The molecule has 0 saturated carbocycles. The summed E-state index contributed by atoms with van der Waals surface area (Å²) in [6.07, 6.45) is 3.46. The lowest BCUT2D eigenvalue weighted by Gasteiger charge is -2.15. The molecule has 0 aliphatic carbocycles. The van der Waals surface area contributed by atoms with Gasteiger partial charge >= 0.3 is 5.97 Å². The predicted octanol–water partition coefficient (Wildman–Crippen LogP) is 1.01. The highest BCUT2D eigenvalue weighted by Gasteiger charge is 2.19. The van der Waals surface area contributed by atoms with Crippen LogP contribution in [0.25, 0.3) is 0 Å². The number of rotatable bonds is 9. The van der Waals surface area contributed by atoms with Crippen molar-refractivity contribution in [3.63, 3.8) is 0 Å². The fourth-order valence-electron chi connectivity index (χ4n) is 2.69. The van der Waals surface area contributed by atoms with Crippen molar-refractivity contribution >= 4 is 17.8 Å². The average Bonchev–Trinajstić information content (AvgIpc) is 3.07. The number of carbonyl (C=O) groups excluding carboxylic acids is 2. The van der Waals surface area contributed by atoms with Gasteiger partial charge < -0.3 is 20.6 Å². The van der Waals surface area contributed by atoms with Crippen molar-refractivity contribution in [1.29, 1.82) is 5.26 Å². The van der Waals surface area contributed by atoms with Crippen molar-refractivity contribution in [2.24, 2.45) is 0 Å². The van der Waals surface area contributed by atoms with Gasteiger partial charge in [-0.3, -0.25) is 9.59 Å². The van der Waals surface area contributed by atoms with E-state index in [0.29, 0.717) is 32.5 Å². The largest absolute Gasteiger partial charge is 0.478 e. The molecule has 1 aromatic carbocycles. The zero-order chi connectivity index (χ0) is 19.6. The SMILES string of the molecule is N#C/C(=C/NCc1ccc(C(=O)O)cc1)C(=O)NCCCN1CCCC1=O. The van der Waals surface area contributed by atoms with Crippen LogP contribution in [0.15, 0.2) is 36.0 Å². The van der Waals surface area contributed by atoms with Crippen LogP contribution in [0.4, 0.5) is 0 Å². The minimum absolute atomic E-state index is 0.0468. The number of carbonyl (C=O) groups is 3. The minimum atomic E-state index is -0.994. The zero-order valence-electron chi connectivity index (χ0n) is 14.9. The Morgan fingerprint density at radius 2 is 2.04 bits per heavy atom. The number of benzene rings is 1. The first-order valence-electron chi connectivity index (χ1n) is 8.73. The molecule has 3 N–H and O–H groups in total. The highest BCUT2D eigenvalue weighted by Crippen LogP contribution is 2.09. The van der Waals surface area contributed by atoms with Crippen molar-refractivity contribution in [1.82, 2.24) is 15.5 Å². The minimum Gasteiger partial charge on any atom is -0.478 e. The molecule has 0 aromatic heterocycles. The molecule has 2 amide bonds. The molecule has 0 radical (unpaired) electrons. The van der Waals surface area contributed by atoms with E-state index in [0.717, 1.165) is 18.5 Å². The Labute approximate surface area is 157 Å². The summed E-state index contributed by atoms with van der Waals surface area (Å²) < 4.78 is 0. The van der Waals surface area contributed by atoms with Gasteiger partial charge in [0.2, 0.25) is 5.91 Å². The Morgan fingerprint density at radius 3 is 2.63 bits per heavy atom. The summed E-state index contributed by atoms with van der Waals surface area (Å²) in [4.78, 5) is 36.1. The summed E-state index contributed by atoms with van der Waals surface area (Å²) in [5.41, 5.74) is 0.973. The van der Waals surface area contributed by atoms with Gasteiger partial charge in [-0.1, -0.05) is 12.1 Å². The number of carboxylic acid groups (broad SMARTS) is 1. The molecule has 1 heterocycles. The number of amides is 2. The van der Waals surface area contributed by atoms with E-state index in [9.17, 15) is 14.4 Å². The molecular formula is C19H22N4O4. The molecule has 0 atom stereocenters. The van der Waals surface area contributed by atoms with E-state index in [1.807, 2.05) is 6.07 Å². The fraction of sp³-hybridized carbons (Fsp3) is 0.368. The van der Waals surface area contributed by atoms with Gasteiger partial charge in [0.05, 0.1) is 5.56 Å². The Kier molecular flexibility index (Phi) is 7.37. The highest BCUT2D eigenvalue weighted by molar-refractivity contribution is 5.97. The third-order valence-corrected chi connectivity index (χ3v) is 4.18. The maximum absolute atomic E-state index is 12.0. The lowest BCUT2D eigenvalue weighted by molar-refractivity contribution is -0.127. The number of likely N-dealkylation sites (tertiary alicyclic amines) is 1. The monoisotopic (exact) mass is 370 g/mol. The van der Waals surface area contributed by atoms with Gasteiger partial charge in [0.15, 0.2) is 0 Å². The quantitative estimate of drug-likeness (QED) is 0.339. The van der Waals surface area contributed by atoms with Gasteiger partial charge in [-0.2, -0.15) is 5.26 Å². The summed E-state index contributed by atoms with van der Waals surface area (Å²) in [5.74, 6) is -1.31. The number of nitriles is 1. The molecule has 1 aliphatic rings. The summed E-state index contributed by atoms with van der Waals surface area (Å²) >= 11 is 0. The normalized spacial score (nSPS) is 14.0. The number of hydrogen-bond donors (Lipinski definition) is 3. The number of nitrogens with one attached hydrogen (secondary N) is 2. The maximum Gasteiger partial charge on any atom is 0.335 e. The van der Waals surface area contributed by atoms with Crippen LogP contribution >= 0.6 is 0 Å². The number of aromatic carboxylic acids is 1. The molecule has 1 aromatic rings. The van der Waals surface area contributed by atoms with Gasteiger partial charge in [0.25, 0.3) is 5.91 Å². The first-order chi connectivity index (χ1) is 13.0. The molecule has 0 spiro atoms. The van der Waals surface area contributed by atoms with Gasteiger partial charge in [-0.25, -0.2) is 4.79 Å². The third kappa shape index (κ3) is 6.15. The van der Waals surface area contributed by atoms with E-state index in [4.69, 9.17) is 10.4 Å². The molecule has 1 fully saturated rings. The van der Waals surface area contributed by atoms with E-state index >= 15 is 0 Å². The van der Waals surface area contributed by atoms with Gasteiger partial charge in [-0.05, 0) is 30.5 Å². The average molecular weight is 370 g/mol. The predicted molar refractivity (Wildman–Crippen MR) is 97.4 cm³/mol. The van der Waals surface area contributed by atoms with Crippen LogP contribution in [-0.2, 0) is 16.1 Å². The van der Waals surface area contributed by atoms with Crippen molar-refractivity contribution < 1.29 is 19.5 Å². The molecule has 8 heteroatoms. The Hall–Kier alpha value is -3.34. The number of hydrogen-bond acceptors (Lipinski definition) is 5. The van der Waals surface area contributed by atoms with Crippen LogP contribution in [-0.4, -0.2) is 47.4 Å². The first-order valence-corrected chi connectivity index (χ1v) is 8.73. The second-order valence-corrected chi connectivity index (χ2v) is 6.15. The van der Waals surface area contributed by atoms with Crippen LogP contribution in [0.2, 0.25) is 0 Å². The second kappa shape index (κ2) is 9.97. The van der Waals surface area contributed by atoms with Crippen LogP contribution in [0.3, 0.4) is 0 Å². The lowest BCUT2D eigenvalue weighted by atomic mass is 10.1. The molecule has 27 heavy (non-hydrogen) atoms. The van der Waals surface area contributed by atoms with E-state index in [2.05, 4.69) is 10.6 Å². The Balaban J connectivity index is 1.73. The van der Waals surface area contributed by atoms with Gasteiger partial charge in [0.1, 0.15) is 11.6 Å². The molecule has 0 unspecified atom stereocenters. The van der Waals surface area contributed by atoms with E-state index < -0.39 is 11.9 Å². The van der Waals surface area contributed by atoms with Gasteiger partial charge in [-0.15, -0.1) is 0 Å². The maximum atomic E-state index is 12.0. The Bertz CT molecular complexity index is 765. The van der Waals surface area contributed by atoms with Crippen LogP contribution in [0.1, 0.15) is 35.2 Å². The summed E-state index contributed by atoms with van der Waals surface area (Å²) in [7, 11) is 0. The van der Waals surface area contributed by atoms with Crippen molar-refractivity contribution in [3.8, 4) is 6.07 Å². The van der Waals surface area contributed by atoms with Crippen LogP contribution in [0.5, 0.6) is 0 Å². The van der Waals surface area contributed by atoms with Crippen molar-refractivity contribution in [2.75, 3.05) is 19.6 Å². The third-order valence-electron chi connectivity index (χ3n) is 4.18. The summed E-state index contributed by atoms with van der Waals surface area (Å²) in [6.45, 7) is 2.12. The standard InChI is InChI=1S/C19H22N4O4/c20-11-16(13-21-12-14-4-6-15(7-5-14)19(26)27)18(25)22-8-2-10-23-9-1-3-17(23)24/h4-7,13,21H,1-3,8-10,12H2,(H,22,25)(H,26,27)/b16-13-. The molecule has 1 saturated heterocycles. The topological polar surface area (TPSA) is 123 Å². The molecular weight excluding hydrogens is 348 g/mol. The summed E-state index contributed by atoms with van der Waals surface area (Å²) in [5, 5.41) is 23.5. The Morgan fingerprint density at radius 1 is 1.30 bits per heavy atom. The molecule has 2 rings (SSSR count). The van der Waals surface area contributed by atoms with Crippen molar-refractivity contribution in [2.45, 2.75) is 25.8 Å². The smallest absolute Gasteiger partial charge is 0.335 e. The number of carboxylic acids is 1. The molecule has 1 aliphatic heterocycles. The highest BCUT2D eigenvalue weighted by atomic mass is 16.4. The number of nitrogens with zero attached hydrogens (tertiary/aromatic N) is 2. The van der Waals surface area contributed by atoms with Crippen LogP contribution in [0, 0.1) is 11.3 Å². The van der Waals surface area contributed by atoms with E-state index in [-0.39, 0.29) is 17.0 Å².